The molecule has 0 aliphatic carbocycles. The second-order valence-electron chi connectivity index (χ2n) is 6.61. The van der Waals surface area contributed by atoms with Crippen LogP contribution in [0, 0.1) is 11.3 Å². The van der Waals surface area contributed by atoms with Crippen LogP contribution in [0.1, 0.15) is 33.6 Å². The second kappa shape index (κ2) is 7.28. The van der Waals surface area contributed by atoms with Crippen molar-refractivity contribution in [3.63, 3.8) is 0 Å². The van der Waals surface area contributed by atoms with Gasteiger partial charge in [-0.05, 0) is 18.3 Å². The maximum absolute atomic E-state index is 12.0. The number of aliphatic carboxylic acids is 1. The van der Waals surface area contributed by atoms with Gasteiger partial charge in [-0.1, -0.05) is 20.8 Å². The third-order valence-electron chi connectivity index (χ3n) is 3.26. The maximum atomic E-state index is 12.0. The van der Waals surface area contributed by atoms with E-state index >= 15 is 0 Å². The van der Waals surface area contributed by atoms with Crippen molar-refractivity contribution < 1.29 is 19.5 Å². The molecule has 3 amide bonds. The minimum Gasteiger partial charge on any atom is -0.481 e. The van der Waals surface area contributed by atoms with Gasteiger partial charge in [0.2, 0.25) is 5.91 Å². The molecule has 7 heteroatoms. The molecule has 0 radical (unpaired) electrons. The number of rotatable bonds is 4. The van der Waals surface area contributed by atoms with Gasteiger partial charge in [0.1, 0.15) is 6.54 Å². The molecule has 0 saturated carbocycles. The predicted molar refractivity (Wildman–Crippen MR) is 77.8 cm³/mol. The molecule has 1 heterocycles. The molecule has 0 bridgehead atoms. The van der Waals surface area contributed by atoms with Crippen LogP contribution in [0.4, 0.5) is 4.79 Å². The van der Waals surface area contributed by atoms with Crippen LogP contribution in [0.5, 0.6) is 0 Å². The van der Waals surface area contributed by atoms with Gasteiger partial charge in [-0.3, -0.25) is 9.59 Å². The summed E-state index contributed by atoms with van der Waals surface area (Å²) in [6, 6.07) is -0.382. The summed E-state index contributed by atoms with van der Waals surface area (Å²) in [5.41, 5.74) is -0.129. The van der Waals surface area contributed by atoms with E-state index in [0.29, 0.717) is 25.9 Å². The SMILES string of the molecule is CC(C)(C)CC(CNC(=O)N1CCCNC(=O)C1)C(=O)O. The molecular weight excluding hydrogens is 274 g/mol. The molecular formula is C14H25N3O4. The molecule has 0 aromatic carbocycles. The predicted octanol–water partition coefficient (Wildman–Crippen LogP) is 0.655. The number of amides is 3. The van der Waals surface area contributed by atoms with Crippen LogP contribution in [-0.4, -0.2) is 54.1 Å². The van der Waals surface area contributed by atoms with Gasteiger partial charge in [-0.15, -0.1) is 0 Å². The Hall–Kier alpha value is -1.79. The number of carbonyl (C=O) groups excluding carboxylic acids is 2. The van der Waals surface area contributed by atoms with E-state index < -0.39 is 11.9 Å². The fourth-order valence-corrected chi connectivity index (χ4v) is 2.29. The van der Waals surface area contributed by atoms with Crippen molar-refractivity contribution in [2.75, 3.05) is 26.2 Å². The summed E-state index contributed by atoms with van der Waals surface area (Å²) in [5, 5.41) is 14.5. The van der Waals surface area contributed by atoms with E-state index in [4.69, 9.17) is 0 Å². The van der Waals surface area contributed by atoms with Crippen LogP contribution >= 0.6 is 0 Å². The van der Waals surface area contributed by atoms with E-state index in [9.17, 15) is 19.5 Å². The number of hydrogen-bond donors (Lipinski definition) is 3. The van der Waals surface area contributed by atoms with Gasteiger partial charge in [0.25, 0.3) is 0 Å². The molecule has 1 fully saturated rings. The summed E-state index contributed by atoms with van der Waals surface area (Å²) in [6.45, 7) is 7.02. The molecule has 1 saturated heterocycles. The highest BCUT2D eigenvalue weighted by Crippen LogP contribution is 2.24. The number of carboxylic acid groups (broad SMARTS) is 1. The van der Waals surface area contributed by atoms with Crippen LogP contribution in [0.15, 0.2) is 0 Å². The van der Waals surface area contributed by atoms with Crippen LogP contribution in [0.2, 0.25) is 0 Å². The normalized spacial score (nSPS) is 17.7. The molecule has 120 valence electrons. The summed E-state index contributed by atoms with van der Waals surface area (Å²) in [7, 11) is 0. The van der Waals surface area contributed by atoms with E-state index in [1.165, 1.54) is 4.90 Å². The van der Waals surface area contributed by atoms with Gasteiger partial charge >= 0.3 is 12.0 Å². The Labute approximate surface area is 125 Å². The first-order valence-electron chi connectivity index (χ1n) is 7.21. The van der Waals surface area contributed by atoms with Crippen molar-refractivity contribution in [2.24, 2.45) is 11.3 Å². The lowest BCUT2D eigenvalue weighted by atomic mass is 9.84. The average molecular weight is 299 g/mol. The van der Waals surface area contributed by atoms with Gasteiger partial charge in [-0.25, -0.2) is 4.79 Å². The molecule has 1 aliphatic rings. The van der Waals surface area contributed by atoms with E-state index in [2.05, 4.69) is 10.6 Å². The standard InChI is InChI=1S/C14H25N3O4/c1-14(2,3)7-10(12(19)20)8-16-13(21)17-6-4-5-15-11(18)9-17/h10H,4-9H2,1-3H3,(H,15,18)(H,16,21)(H,19,20). The van der Waals surface area contributed by atoms with Crippen LogP contribution < -0.4 is 10.6 Å². The summed E-state index contributed by atoms with van der Waals surface area (Å²) < 4.78 is 0. The van der Waals surface area contributed by atoms with E-state index in [1.54, 1.807) is 0 Å². The van der Waals surface area contributed by atoms with Gasteiger partial charge in [-0.2, -0.15) is 0 Å². The summed E-state index contributed by atoms with van der Waals surface area (Å²) in [6.07, 6.45) is 1.17. The second-order valence-corrected chi connectivity index (χ2v) is 6.61. The minimum atomic E-state index is -0.918. The minimum absolute atomic E-state index is 0.0167. The zero-order valence-corrected chi connectivity index (χ0v) is 12.9. The van der Waals surface area contributed by atoms with Gasteiger partial charge < -0.3 is 20.6 Å². The van der Waals surface area contributed by atoms with Crippen molar-refractivity contribution >= 4 is 17.9 Å². The summed E-state index contributed by atoms with van der Waals surface area (Å²) >= 11 is 0. The van der Waals surface area contributed by atoms with Crippen LogP contribution in [0.3, 0.4) is 0 Å². The quantitative estimate of drug-likeness (QED) is 0.710. The smallest absolute Gasteiger partial charge is 0.317 e. The zero-order valence-electron chi connectivity index (χ0n) is 12.9. The van der Waals surface area contributed by atoms with Crippen LogP contribution in [-0.2, 0) is 9.59 Å². The maximum Gasteiger partial charge on any atom is 0.317 e. The number of nitrogens with zero attached hydrogens (tertiary/aromatic N) is 1. The highest BCUT2D eigenvalue weighted by molar-refractivity contribution is 5.84. The van der Waals surface area contributed by atoms with E-state index in [1.807, 2.05) is 20.8 Å². The Kier molecular flexibility index (Phi) is 5.99. The monoisotopic (exact) mass is 299 g/mol. The third-order valence-corrected chi connectivity index (χ3v) is 3.26. The number of hydrogen-bond acceptors (Lipinski definition) is 3. The van der Waals surface area contributed by atoms with E-state index in [0.717, 1.165) is 0 Å². The van der Waals surface area contributed by atoms with Crippen molar-refractivity contribution in [2.45, 2.75) is 33.6 Å². The van der Waals surface area contributed by atoms with Gasteiger partial charge in [0, 0.05) is 19.6 Å². The first-order chi connectivity index (χ1) is 9.69. The molecule has 0 aromatic rings. The average Bonchev–Trinajstić information content (AvgIpc) is 2.57. The molecule has 1 unspecified atom stereocenters. The Balaban J connectivity index is 2.52. The fourth-order valence-electron chi connectivity index (χ4n) is 2.29. The van der Waals surface area contributed by atoms with Crippen LogP contribution in [0.25, 0.3) is 0 Å². The molecule has 21 heavy (non-hydrogen) atoms. The highest BCUT2D eigenvalue weighted by Gasteiger charge is 2.26. The zero-order chi connectivity index (χ0) is 16.0. The van der Waals surface area contributed by atoms with Crippen molar-refractivity contribution in [1.82, 2.24) is 15.5 Å². The molecule has 1 atom stereocenters. The summed E-state index contributed by atoms with van der Waals surface area (Å²) in [5.74, 6) is -1.74. The topological polar surface area (TPSA) is 98.7 Å². The Morgan fingerprint density at radius 3 is 2.67 bits per heavy atom. The number of carboxylic acids is 1. The Bertz CT molecular complexity index is 404. The van der Waals surface area contributed by atoms with Gasteiger partial charge in [0.05, 0.1) is 5.92 Å². The number of nitrogens with one attached hydrogen (secondary N) is 2. The summed E-state index contributed by atoms with van der Waals surface area (Å²) in [4.78, 5) is 36.1. The number of carbonyl (C=O) groups is 3. The molecule has 0 aromatic heterocycles. The highest BCUT2D eigenvalue weighted by atomic mass is 16.4. The van der Waals surface area contributed by atoms with Crippen molar-refractivity contribution in [3.8, 4) is 0 Å². The largest absolute Gasteiger partial charge is 0.481 e. The first-order valence-corrected chi connectivity index (χ1v) is 7.21. The first kappa shape index (κ1) is 17.3. The fraction of sp³-hybridized carbons (Fsp3) is 0.786. The molecule has 1 aliphatic heterocycles. The molecule has 1 rings (SSSR count). The molecule has 3 N–H and O–H groups in total. The Morgan fingerprint density at radius 2 is 2.10 bits per heavy atom. The Morgan fingerprint density at radius 1 is 1.43 bits per heavy atom. The van der Waals surface area contributed by atoms with E-state index in [-0.39, 0.29) is 30.4 Å². The molecule has 0 spiro atoms. The van der Waals surface area contributed by atoms with Crippen molar-refractivity contribution in [1.29, 1.82) is 0 Å². The lowest BCUT2D eigenvalue weighted by molar-refractivity contribution is -0.142. The lowest BCUT2D eigenvalue weighted by Crippen LogP contribution is -2.45. The van der Waals surface area contributed by atoms with Gasteiger partial charge in [0.15, 0.2) is 0 Å². The third kappa shape index (κ3) is 6.46. The lowest BCUT2D eigenvalue weighted by Gasteiger charge is -2.25. The van der Waals surface area contributed by atoms with Crippen molar-refractivity contribution in [3.05, 3.63) is 0 Å². The molecule has 7 nitrogen and oxygen atoms in total. The number of urea groups is 1.